The molecule has 2 aliphatic rings. The summed E-state index contributed by atoms with van der Waals surface area (Å²) in [5.41, 5.74) is -0.475. The van der Waals surface area contributed by atoms with Crippen molar-refractivity contribution in [3.05, 3.63) is 0 Å². The summed E-state index contributed by atoms with van der Waals surface area (Å²) in [6.07, 6.45) is 6.82. The Hall–Kier alpha value is -1.59. The summed E-state index contributed by atoms with van der Waals surface area (Å²) in [6, 6.07) is 0.0546. The first-order chi connectivity index (χ1) is 11.4. The molecule has 0 spiro atoms. The van der Waals surface area contributed by atoms with Crippen LogP contribution in [-0.4, -0.2) is 36.1 Å². The number of methoxy groups -OCH3 is 1. The number of amides is 1. The lowest BCUT2D eigenvalue weighted by Gasteiger charge is -2.34. The molecule has 2 saturated carbocycles. The quantitative estimate of drug-likeness (QED) is 0.725. The Kier molecular flexibility index (Phi) is 6.24. The van der Waals surface area contributed by atoms with Gasteiger partial charge in [0.15, 0.2) is 0 Å². The zero-order chi connectivity index (χ0) is 17.7. The first kappa shape index (κ1) is 18.7. The Morgan fingerprint density at radius 2 is 1.75 bits per heavy atom. The predicted octanol–water partition coefficient (Wildman–Crippen LogP) is 2.51. The van der Waals surface area contributed by atoms with Crippen LogP contribution in [0.3, 0.4) is 0 Å². The molecule has 6 nitrogen and oxygen atoms in total. The Balaban J connectivity index is 1.95. The molecule has 0 aromatic carbocycles. The Bertz CT molecular complexity index is 476. The topological polar surface area (TPSA) is 92.7 Å². The average Bonchev–Trinajstić information content (AvgIpc) is 3.04. The van der Waals surface area contributed by atoms with Crippen LogP contribution >= 0.6 is 0 Å². The molecule has 0 heterocycles. The normalized spacial score (nSPS) is 27.2. The molecular weight excluding hydrogens is 310 g/mol. The molecule has 2 aliphatic carbocycles. The number of hydrogen-bond acceptors (Lipinski definition) is 4. The highest BCUT2D eigenvalue weighted by molar-refractivity contribution is 5.84. The van der Waals surface area contributed by atoms with Crippen LogP contribution in [0.15, 0.2) is 0 Å². The lowest BCUT2D eigenvalue weighted by molar-refractivity contribution is -0.147. The number of nitrogens with one attached hydrogen (secondary N) is 1. The van der Waals surface area contributed by atoms with E-state index in [2.05, 4.69) is 5.32 Å². The molecule has 0 aromatic heterocycles. The molecule has 2 fully saturated rings. The fourth-order valence-corrected chi connectivity index (χ4v) is 4.27. The number of carbonyl (C=O) groups is 3. The van der Waals surface area contributed by atoms with Gasteiger partial charge in [-0.1, -0.05) is 19.8 Å². The van der Waals surface area contributed by atoms with Crippen molar-refractivity contribution in [3.63, 3.8) is 0 Å². The largest absolute Gasteiger partial charge is 0.481 e. The van der Waals surface area contributed by atoms with Crippen LogP contribution in [0.2, 0.25) is 0 Å². The molecule has 0 bridgehead atoms. The highest BCUT2D eigenvalue weighted by Crippen LogP contribution is 2.44. The van der Waals surface area contributed by atoms with Gasteiger partial charge in [0.2, 0.25) is 5.91 Å². The Morgan fingerprint density at radius 1 is 1.17 bits per heavy atom. The fraction of sp³-hybridized carbons (Fsp3) is 0.833. The molecule has 1 atom stereocenters. The summed E-state index contributed by atoms with van der Waals surface area (Å²) in [6.45, 7) is 1.82. The highest BCUT2D eigenvalue weighted by atomic mass is 16.5. The molecular formula is C18H29NO5. The van der Waals surface area contributed by atoms with E-state index in [-0.39, 0.29) is 29.8 Å². The SMILES string of the molecule is COC(=O)C(C)CC1(C(=O)NC2CCC(C(=O)O)CC2)CCCC1. The Morgan fingerprint density at radius 3 is 2.25 bits per heavy atom. The van der Waals surface area contributed by atoms with Crippen molar-refractivity contribution in [2.45, 2.75) is 70.8 Å². The van der Waals surface area contributed by atoms with E-state index in [1.807, 2.05) is 6.92 Å². The summed E-state index contributed by atoms with van der Waals surface area (Å²) in [4.78, 5) is 35.7. The highest BCUT2D eigenvalue weighted by Gasteiger charge is 2.44. The van der Waals surface area contributed by atoms with Crippen LogP contribution in [-0.2, 0) is 19.1 Å². The summed E-state index contributed by atoms with van der Waals surface area (Å²) < 4.78 is 4.80. The zero-order valence-corrected chi connectivity index (χ0v) is 14.7. The number of carboxylic acids is 1. The lowest BCUT2D eigenvalue weighted by atomic mass is 9.76. The van der Waals surface area contributed by atoms with Crippen molar-refractivity contribution in [3.8, 4) is 0 Å². The van der Waals surface area contributed by atoms with E-state index in [1.165, 1.54) is 7.11 Å². The van der Waals surface area contributed by atoms with Crippen molar-refractivity contribution in [1.82, 2.24) is 5.32 Å². The van der Waals surface area contributed by atoms with Gasteiger partial charge in [0.25, 0.3) is 0 Å². The van der Waals surface area contributed by atoms with Gasteiger partial charge < -0.3 is 15.2 Å². The number of rotatable bonds is 6. The summed E-state index contributed by atoms with van der Waals surface area (Å²) in [5.74, 6) is -1.54. The molecule has 24 heavy (non-hydrogen) atoms. The molecule has 136 valence electrons. The third-order valence-electron chi connectivity index (χ3n) is 5.75. The van der Waals surface area contributed by atoms with E-state index in [9.17, 15) is 14.4 Å². The van der Waals surface area contributed by atoms with Crippen molar-refractivity contribution in [2.75, 3.05) is 7.11 Å². The molecule has 0 saturated heterocycles. The number of hydrogen-bond donors (Lipinski definition) is 2. The molecule has 1 amide bonds. The van der Waals surface area contributed by atoms with Gasteiger partial charge in [-0.15, -0.1) is 0 Å². The van der Waals surface area contributed by atoms with Crippen LogP contribution in [0.4, 0.5) is 0 Å². The number of ether oxygens (including phenoxy) is 1. The minimum absolute atomic E-state index is 0.0366. The predicted molar refractivity (Wildman–Crippen MR) is 88.2 cm³/mol. The molecule has 0 radical (unpaired) electrons. The molecule has 2 N–H and O–H groups in total. The smallest absolute Gasteiger partial charge is 0.308 e. The van der Waals surface area contributed by atoms with Crippen LogP contribution < -0.4 is 5.32 Å². The van der Waals surface area contributed by atoms with Crippen LogP contribution in [0.5, 0.6) is 0 Å². The maximum Gasteiger partial charge on any atom is 0.308 e. The van der Waals surface area contributed by atoms with Gasteiger partial charge in [0, 0.05) is 11.5 Å². The fourth-order valence-electron chi connectivity index (χ4n) is 4.27. The number of carboxylic acid groups (broad SMARTS) is 1. The van der Waals surface area contributed by atoms with E-state index >= 15 is 0 Å². The molecule has 6 heteroatoms. The van der Waals surface area contributed by atoms with Crippen LogP contribution in [0, 0.1) is 17.3 Å². The minimum Gasteiger partial charge on any atom is -0.481 e. The van der Waals surface area contributed by atoms with Crippen molar-refractivity contribution in [1.29, 1.82) is 0 Å². The maximum absolute atomic E-state index is 12.9. The van der Waals surface area contributed by atoms with Crippen LogP contribution in [0.1, 0.15) is 64.7 Å². The van der Waals surface area contributed by atoms with Gasteiger partial charge in [-0.2, -0.15) is 0 Å². The second-order valence-corrected chi connectivity index (χ2v) is 7.48. The Labute approximate surface area is 143 Å². The van der Waals surface area contributed by atoms with E-state index in [0.717, 1.165) is 25.7 Å². The average molecular weight is 339 g/mol. The zero-order valence-electron chi connectivity index (χ0n) is 14.7. The lowest BCUT2D eigenvalue weighted by Crippen LogP contribution is -2.47. The van der Waals surface area contributed by atoms with E-state index < -0.39 is 11.4 Å². The number of aliphatic carboxylic acids is 1. The molecule has 0 aliphatic heterocycles. The van der Waals surface area contributed by atoms with Gasteiger partial charge in [-0.3, -0.25) is 14.4 Å². The van der Waals surface area contributed by atoms with Crippen LogP contribution in [0.25, 0.3) is 0 Å². The standard InChI is InChI=1S/C18H29NO5/c1-12(16(22)24-2)11-18(9-3-4-10-18)17(23)19-14-7-5-13(6-8-14)15(20)21/h12-14H,3-11H2,1-2H3,(H,19,23)(H,20,21). The molecule has 0 aromatic rings. The van der Waals surface area contributed by atoms with Gasteiger partial charge in [-0.25, -0.2) is 0 Å². The van der Waals surface area contributed by atoms with E-state index in [0.29, 0.717) is 32.1 Å². The van der Waals surface area contributed by atoms with Gasteiger partial charge in [-0.05, 0) is 44.9 Å². The third kappa shape index (κ3) is 4.28. The first-order valence-electron chi connectivity index (χ1n) is 8.99. The van der Waals surface area contributed by atoms with Crippen molar-refractivity contribution >= 4 is 17.8 Å². The molecule has 1 unspecified atom stereocenters. The van der Waals surface area contributed by atoms with Crippen molar-refractivity contribution < 1.29 is 24.2 Å². The summed E-state index contributed by atoms with van der Waals surface area (Å²) in [7, 11) is 1.38. The number of carbonyl (C=O) groups excluding carboxylic acids is 2. The third-order valence-corrected chi connectivity index (χ3v) is 5.75. The van der Waals surface area contributed by atoms with E-state index in [4.69, 9.17) is 9.84 Å². The van der Waals surface area contributed by atoms with E-state index in [1.54, 1.807) is 0 Å². The summed E-state index contributed by atoms with van der Waals surface area (Å²) >= 11 is 0. The van der Waals surface area contributed by atoms with Crippen molar-refractivity contribution in [2.24, 2.45) is 17.3 Å². The second kappa shape index (κ2) is 7.99. The second-order valence-electron chi connectivity index (χ2n) is 7.48. The van der Waals surface area contributed by atoms with Gasteiger partial charge in [0.1, 0.15) is 0 Å². The first-order valence-corrected chi connectivity index (χ1v) is 8.99. The van der Waals surface area contributed by atoms with Gasteiger partial charge in [0.05, 0.1) is 18.9 Å². The monoisotopic (exact) mass is 339 g/mol. The number of esters is 1. The molecule has 2 rings (SSSR count). The van der Waals surface area contributed by atoms with Gasteiger partial charge >= 0.3 is 11.9 Å². The summed E-state index contributed by atoms with van der Waals surface area (Å²) in [5, 5.41) is 12.2. The maximum atomic E-state index is 12.9. The minimum atomic E-state index is -0.737.